The van der Waals surface area contributed by atoms with Gasteiger partial charge in [-0.15, -0.1) is 10.2 Å². The molecule has 122 valence electrons. The molecule has 0 spiro atoms. The fraction of sp³-hybridized carbons (Fsp3) is 0.133. The maximum Gasteiger partial charge on any atom is 0.417 e. The lowest BCUT2D eigenvalue weighted by Gasteiger charge is -2.07. The predicted octanol–water partition coefficient (Wildman–Crippen LogP) is 3.69. The van der Waals surface area contributed by atoms with Crippen molar-refractivity contribution in [2.45, 2.75) is 17.1 Å². The van der Waals surface area contributed by atoms with Crippen molar-refractivity contribution in [1.82, 2.24) is 24.0 Å². The van der Waals surface area contributed by atoms with E-state index in [1.807, 2.05) is 35.0 Å². The Morgan fingerprint density at radius 3 is 2.67 bits per heavy atom. The van der Waals surface area contributed by atoms with Crippen LogP contribution in [0.2, 0.25) is 0 Å². The molecule has 0 atom stereocenters. The number of halogens is 3. The van der Waals surface area contributed by atoms with E-state index in [9.17, 15) is 13.2 Å². The SMILES string of the molecule is FC(F)(F)c1ccc2nnc(SCc3cn4ccccc4n3)n2c1. The standard InChI is InChI=1S/C15H10F3N5S/c16-15(17,18)10-4-5-13-20-21-14(23(13)7-10)24-9-11-8-22-6-2-1-3-12(22)19-11/h1-8H,9H2. The molecular weight excluding hydrogens is 339 g/mol. The van der Waals surface area contributed by atoms with Gasteiger partial charge >= 0.3 is 6.18 Å². The number of rotatable bonds is 3. The second-order valence-electron chi connectivity index (χ2n) is 5.11. The number of thioether (sulfide) groups is 1. The van der Waals surface area contributed by atoms with Crippen LogP contribution in [0.5, 0.6) is 0 Å². The number of alkyl halides is 3. The average Bonchev–Trinajstić information content (AvgIpc) is 3.15. The molecule has 0 aliphatic carbocycles. The summed E-state index contributed by atoms with van der Waals surface area (Å²) >= 11 is 1.29. The quantitative estimate of drug-likeness (QED) is 0.529. The van der Waals surface area contributed by atoms with Gasteiger partial charge in [0.15, 0.2) is 10.8 Å². The van der Waals surface area contributed by atoms with Crippen LogP contribution < -0.4 is 0 Å². The second kappa shape index (κ2) is 5.52. The minimum Gasteiger partial charge on any atom is -0.307 e. The normalized spacial score (nSPS) is 12.3. The highest BCUT2D eigenvalue weighted by Gasteiger charge is 2.31. The van der Waals surface area contributed by atoms with Gasteiger partial charge in [-0.2, -0.15) is 13.2 Å². The first-order valence-electron chi connectivity index (χ1n) is 6.98. The Balaban J connectivity index is 1.62. The zero-order chi connectivity index (χ0) is 16.7. The number of hydrogen-bond acceptors (Lipinski definition) is 4. The number of fused-ring (bicyclic) bond motifs is 2. The molecule has 0 aliphatic heterocycles. The molecule has 0 aromatic carbocycles. The van der Waals surface area contributed by atoms with E-state index >= 15 is 0 Å². The van der Waals surface area contributed by atoms with Gasteiger partial charge in [0, 0.05) is 24.3 Å². The number of nitrogens with zero attached hydrogens (tertiary/aromatic N) is 5. The predicted molar refractivity (Wildman–Crippen MR) is 82.7 cm³/mol. The van der Waals surface area contributed by atoms with E-state index in [0.29, 0.717) is 16.6 Å². The van der Waals surface area contributed by atoms with Crippen LogP contribution in [-0.4, -0.2) is 24.0 Å². The Hall–Kier alpha value is -2.55. The maximum absolute atomic E-state index is 12.8. The Kier molecular flexibility index (Phi) is 3.45. The summed E-state index contributed by atoms with van der Waals surface area (Å²) in [7, 11) is 0. The molecule has 4 aromatic rings. The lowest BCUT2D eigenvalue weighted by Crippen LogP contribution is -2.06. The minimum absolute atomic E-state index is 0.375. The zero-order valence-electron chi connectivity index (χ0n) is 12.1. The van der Waals surface area contributed by atoms with Crippen molar-refractivity contribution in [1.29, 1.82) is 0 Å². The first kappa shape index (κ1) is 15.0. The number of imidazole rings is 1. The number of hydrogen-bond donors (Lipinski definition) is 0. The molecule has 0 saturated carbocycles. The Morgan fingerprint density at radius 1 is 1.00 bits per heavy atom. The van der Waals surface area contributed by atoms with Crippen molar-refractivity contribution in [3.8, 4) is 0 Å². The summed E-state index contributed by atoms with van der Waals surface area (Å²) < 4.78 is 41.8. The van der Waals surface area contributed by atoms with Gasteiger partial charge in [0.25, 0.3) is 0 Å². The first-order chi connectivity index (χ1) is 11.5. The van der Waals surface area contributed by atoms with Crippen LogP contribution in [0, 0.1) is 0 Å². The summed E-state index contributed by atoms with van der Waals surface area (Å²) in [5.41, 5.74) is 1.28. The molecule has 5 nitrogen and oxygen atoms in total. The molecule has 4 aromatic heterocycles. The van der Waals surface area contributed by atoms with E-state index in [1.165, 1.54) is 22.2 Å². The third-order valence-corrected chi connectivity index (χ3v) is 4.44. The highest BCUT2D eigenvalue weighted by atomic mass is 32.2. The summed E-state index contributed by atoms with van der Waals surface area (Å²) in [5.74, 6) is 0.485. The van der Waals surface area contributed by atoms with Crippen molar-refractivity contribution in [3.63, 3.8) is 0 Å². The van der Waals surface area contributed by atoms with Gasteiger partial charge < -0.3 is 4.40 Å². The van der Waals surface area contributed by atoms with Gasteiger partial charge in [-0.3, -0.25) is 4.40 Å². The first-order valence-corrected chi connectivity index (χ1v) is 7.97. The van der Waals surface area contributed by atoms with Gasteiger partial charge in [-0.1, -0.05) is 17.8 Å². The second-order valence-corrected chi connectivity index (χ2v) is 6.06. The molecule has 0 aliphatic rings. The maximum atomic E-state index is 12.8. The van der Waals surface area contributed by atoms with Gasteiger partial charge in [0.2, 0.25) is 0 Å². The van der Waals surface area contributed by atoms with E-state index in [0.717, 1.165) is 23.6 Å². The Bertz CT molecular complexity index is 988. The highest BCUT2D eigenvalue weighted by molar-refractivity contribution is 7.98. The average molecular weight is 349 g/mol. The molecule has 4 rings (SSSR count). The zero-order valence-corrected chi connectivity index (χ0v) is 12.9. The molecular formula is C15H10F3N5S. The van der Waals surface area contributed by atoms with Crippen LogP contribution in [0.15, 0.2) is 54.1 Å². The number of aromatic nitrogens is 5. The Labute approximate surface area is 138 Å². The molecule has 0 saturated heterocycles. The van der Waals surface area contributed by atoms with Crippen molar-refractivity contribution in [3.05, 3.63) is 60.2 Å². The van der Waals surface area contributed by atoms with Crippen LogP contribution in [0.25, 0.3) is 11.3 Å². The van der Waals surface area contributed by atoms with E-state index in [1.54, 1.807) is 0 Å². The van der Waals surface area contributed by atoms with Crippen molar-refractivity contribution < 1.29 is 13.2 Å². The summed E-state index contributed by atoms with van der Waals surface area (Å²) in [5, 5.41) is 8.25. The molecule has 0 N–H and O–H groups in total. The van der Waals surface area contributed by atoms with Crippen molar-refractivity contribution in [2.75, 3.05) is 0 Å². The van der Waals surface area contributed by atoms with Gasteiger partial charge in [-0.25, -0.2) is 4.98 Å². The van der Waals surface area contributed by atoms with Crippen LogP contribution in [0.4, 0.5) is 13.2 Å². The fourth-order valence-electron chi connectivity index (χ4n) is 2.33. The smallest absolute Gasteiger partial charge is 0.307 e. The van der Waals surface area contributed by atoms with E-state index in [4.69, 9.17) is 0 Å². The van der Waals surface area contributed by atoms with Gasteiger partial charge in [0.1, 0.15) is 5.65 Å². The summed E-state index contributed by atoms with van der Waals surface area (Å²) in [4.78, 5) is 4.45. The largest absolute Gasteiger partial charge is 0.417 e. The Morgan fingerprint density at radius 2 is 1.88 bits per heavy atom. The molecule has 0 amide bonds. The van der Waals surface area contributed by atoms with Crippen LogP contribution in [-0.2, 0) is 11.9 Å². The van der Waals surface area contributed by atoms with E-state index in [2.05, 4.69) is 15.2 Å². The molecule has 24 heavy (non-hydrogen) atoms. The van der Waals surface area contributed by atoms with E-state index in [-0.39, 0.29) is 0 Å². The number of pyridine rings is 2. The van der Waals surface area contributed by atoms with E-state index < -0.39 is 11.7 Å². The molecule has 9 heteroatoms. The third-order valence-electron chi connectivity index (χ3n) is 3.46. The van der Waals surface area contributed by atoms with Gasteiger partial charge in [-0.05, 0) is 24.3 Å². The molecule has 4 heterocycles. The highest BCUT2D eigenvalue weighted by Crippen LogP contribution is 2.30. The van der Waals surface area contributed by atoms with Crippen LogP contribution in [0.3, 0.4) is 0 Å². The minimum atomic E-state index is -4.40. The lowest BCUT2D eigenvalue weighted by molar-refractivity contribution is -0.137. The summed E-state index contributed by atoms with van der Waals surface area (Å²) in [6.45, 7) is 0. The van der Waals surface area contributed by atoms with Crippen LogP contribution >= 0.6 is 11.8 Å². The summed E-state index contributed by atoms with van der Waals surface area (Å²) in [6.07, 6.45) is 0.384. The molecule has 0 bridgehead atoms. The molecule has 0 fully saturated rings. The monoisotopic (exact) mass is 349 g/mol. The van der Waals surface area contributed by atoms with Crippen LogP contribution in [0.1, 0.15) is 11.3 Å². The van der Waals surface area contributed by atoms with Gasteiger partial charge in [0.05, 0.1) is 11.3 Å². The van der Waals surface area contributed by atoms with Crippen molar-refractivity contribution in [2.24, 2.45) is 0 Å². The lowest BCUT2D eigenvalue weighted by atomic mass is 10.3. The molecule has 0 radical (unpaired) electrons. The van der Waals surface area contributed by atoms with Crippen molar-refractivity contribution >= 4 is 23.1 Å². The topological polar surface area (TPSA) is 47.5 Å². The summed E-state index contributed by atoms with van der Waals surface area (Å²) in [6, 6.07) is 7.99. The molecule has 0 unspecified atom stereocenters. The fourth-order valence-corrected chi connectivity index (χ4v) is 3.13. The third kappa shape index (κ3) is 2.71.